The van der Waals surface area contributed by atoms with E-state index < -0.39 is 36.0 Å². The number of piperidine rings is 1. The fourth-order valence-electron chi connectivity index (χ4n) is 1.30. The van der Waals surface area contributed by atoms with Crippen LogP contribution in [0, 0.1) is 5.92 Å². The van der Waals surface area contributed by atoms with Crippen LogP contribution in [0.1, 0.15) is 6.92 Å². The first-order chi connectivity index (χ1) is 5.95. The number of carboxylic acids is 1. The van der Waals surface area contributed by atoms with E-state index in [4.69, 9.17) is 10.2 Å². The van der Waals surface area contributed by atoms with Gasteiger partial charge in [-0.1, -0.05) is 6.92 Å². The summed E-state index contributed by atoms with van der Waals surface area (Å²) in [5.74, 6) is -2.77. The number of amides is 1. The highest BCUT2D eigenvalue weighted by molar-refractivity contribution is 5.88. The van der Waals surface area contributed by atoms with E-state index in [2.05, 4.69) is 5.32 Å². The molecule has 13 heavy (non-hydrogen) atoms. The normalized spacial score (nSPS) is 39.8. The number of hydrogen-bond donors (Lipinski definition) is 4. The van der Waals surface area contributed by atoms with E-state index in [9.17, 15) is 14.7 Å². The SMILES string of the molecule is C[C@H]1[C@H](O)[C@@H](O)C(=O)N[C@@H]1C(=O)O. The van der Waals surface area contributed by atoms with Crippen LogP contribution in [-0.2, 0) is 9.59 Å². The second-order valence-electron chi connectivity index (χ2n) is 3.12. The van der Waals surface area contributed by atoms with Gasteiger partial charge in [0.1, 0.15) is 6.04 Å². The Kier molecular flexibility index (Phi) is 2.53. The third-order valence-electron chi connectivity index (χ3n) is 2.22. The molecule has 6 heteroatoms. The third kappa shape index (κ3) is 1.63. The van der Waals surface area contributed by atoms with Crippen molar-refractivity contribution < 1.29 is 24.9 Å². The van der Waals surface area contributed by atoms with Crippen molar-refractivity contribution in [3.8, 4) is 0 Å². The fraction of sp³-hybridized carbons (Fsp3) is 0.714. The minimum Gasteiger partial charge on any atom is -0.480 e. The molecule has 0 spiro atoms. The number of aliphatic hydroxyl groups is 2. The number of carboxylic acid groups (broad SMARTS) is 1. The molecule has 0 aromatic carbocycles. The first kappa shape index (κ1) is 9.94. The minimum atomic E-state index is -1.54. The summed E-state index contributed by atoms with van der Waals surface area (Å²) in [4.78, 5) is 21.4. The summed E-state index contributed by atoms with van der Waals surface area (Å²) in [6.07, 6.45) is -2.86. The molecule has 4 N–H and O–H groups in total. The molecule has 0 saturated carbocycles. The molecule has 1 fully saturated rings. The lowest BCUT2D eigenvalue weighted by atomic mass is 9.88. The fourth-order valence-corrected chi connectivity index (χ4v) is 1.30. The number of nitrogens with one attached hydrogen (secondary N) is 1. The van der Waals surface area contributed by atoms with Crippen LogP contribution in [-0.4, -0.2) is 45.4 Å². The molecule has 1 saturated heterocycles. The molecule has 1 aliphatic rings. The Morgan fingerprint density at radius 2 is 2.00 bits per heavy atom. The van der Waals surface area contributed by atoms with Gasteiger partial charge in [-0.3, -0.25) is 4.79 Å². The van der Waals surface area contributed by atoms with Gasteiger partial charge in [-0.2, -0.15) is 0 Å². The topological polar surface area (TPSA) is 107 Å². The molecule has 0 bridgehead atoms. The minimum absolute atomic E-state index is 0.704. The number of aliphatic carboxylic acids is 1. The number of carbonyl (C=O) groups excluding carboxylic acids is 1. The first-order valence-electron chi connectivity index (χ1n) is 3.84. The predicted octanol–water partition coefficient (Wildman–Crippen LogP) is -2.07. The zero-order chi connectivity index (χ0) is 10.2. The zero-order valence-corrected chi connectivity index (χ0v) is 6.97. The Balaban J connectivity index is 2.82. The van der Waals surface area contributed by atoms with Crippen LogP contribution in [0.15, 0.2) is 0 Å². The van der Waals surface area contributed by atoms with Gasteiger partial charge in [0.15, 0.2) is 6.10 Å². The van der Waals surface area contributed by atoms with Crippen LogP contribution in [0.4, 0.5) is 0 Å². The average Bonchev–Trinajstić information content (AvgIpc) is 2.07. The lowest BCUT2D eigenvalue weighted by Crippen LogP contribution is -2.61. The Hall–Kier alpha value is -1.14. The summed E-state index contributed by atoms with van der Waals surface area (Å²) < 4.78 is 0. The Bertz CT molecular complexity index is 241. The van der Waals surface area contributed by atoms with Gasteiger partial charge >= 0.3 is 5.97 Å². The Labute approximate surface area is 74.2 Å². The van der Waals surface area contributed by atoms with Gasteiger partial charge in [-0.15, -0.1) is 0 Å². The lowest BCUT2D eigenvalue weighted by molar-refractivity contribution is -0.157. The summed E-state index contributed by atoms with van der Waals surface area (Å²) in [5.41, 5.74) is 0. The molecule has 4 atom stereocenters. The number of aliphatic hydroxyl groups excluding tert-OH is 2. The summed E-state index contributed by atoms with van der Waals surface area (Å²) >= 11 is 0. The molecule has 1 amide bonds. The van der Waals surface area contributed by atoms with E-state index in [1.807, 2.05) is 0 Å². The molecule has 1 aliphatic heterocycles. The summed E-state index contributed by atoms with van der Waals surface area (Å²) in [5, 5.41) is 29.0. The maximum Gasteiger partial charge on any atom is 0.326 e. The smallest absolute Gasteiger partial charge is 0.326 e. The van der Waals surface area contributed by atoms with Crippen molar-refractivity contribution in [2.75, 3.05) is 0 Å². The highest BCUT2D eigenvalue weighted by Crippen LogP contribution is 2.17. The van der Waals surface area contributed by atoms with Gasteiger partial charge in [0.2, 0.25) is 0 Å². The Morgan fingerprint density at radius 3 is 2.46 bits per heavy atom. The van der Waals surface area contributed by atoms with E-state index in [-0.39, 0.29) is 0 Å². The van der Waals surface area contributed by atoms with Gasteiger partial charge in [0.05, 0.1) is 6.10 Å². The quantitative estimate of drug-likeness (QED) is 0.379. The van der Waals surface area contributed by atoms with Gasteiger partial charge < -0.3 is 20.6 Å². The highest BCUT2D eigenvalue weighted by Gasteiger charge is 2.42. The van der Waals surface area contributed by atoms with E-state index in [1.165, 1.54) is 6.92 Å². The number of hydrogen-bond acceptors (Lipinski definition) is 4. The lowest BCUT2D eigenvalue weighted by Gasteiger charge is -2.33. The second kappa shape index (κ2) is 3.31. The molecule has 74 valence electrons. The van der Waals surface area contributed by atoms with Gasteiger partial charge in [0.25, 0.3) is 5.91 Å². The summed E-state index contributed by atoms with van der Waals surface area (Å²) in [6.45, 7) is 1.45. The molecule has 0 aromatic rings. The van der Waals surface area contributed by atoms with Crippen molar-refractivity contribution in [2.24, 2.45) is 5.92 Å². The summed E-state index contributed by atoms with van der Waals surface area (Å²) in [6, 6.07) is -1.13. The van der Waals surface area contributed by atoms with Crippen LogP contribution < -0.4 is 5.32 Å². The number of rotatable bonds is 1. The Morgan fingerprint density at radius 1 is 1.46 bits per heavy atom. The molecule has 0 aromatic heterocycles. The van der Waals surface area contributed by atoms with E-state index in [0.29, 0.717) is 0 Å². The van der Waals surface area contributed by atoms with Crippen molar-refractivity contribution in [3.05, 3.63) is 0 Å². The van der Waals surface area contributed by atoms with Crippen LogP contribution in [0.5, 0.6) is 0 Å². The standard InChI is InChI=1S/C7H11NO5/c1-2-3(7(12)13)8-6(11)5(10)4(2)9/h2-5,9-10H,1H3,(H,8,11)(H,12,13)/t2-,3+,4+,5-/m1/s1. The van der Waals surface area contributed by atoms with Gasteiger partial charge in [0, 0.05) is 5.92 Å². The van der Waals surface area contributed by atoms with Gasteiger partial charge in [-0.25, -0.2) is 4.79 Å². The maximum atomic E-state index is 10.9. The van der Waals surface area contributed by atoms with E-state index in [1.54, 1.807) is 0 Å². The van der Waals surface area contributed by atoms with Crippen molar-refractivity contribution in [3.63, 3.8) is 0 Å². The second-order valence-corrected chi connectivity index (χ2v) is 3.12. The first-order valence-corrected chi connectivity index (χ1v) is 3.84. The molecule has 0 radical (unpaired) electrons. The molecule has 1 rings (SSSR count). The molecule has 0 unspecified atom stereocenters. The summed E-state index contributed by atoms with van der Waals surface area (Å²) in [7, 11) is 0. The maximum absolute atomic E-state index is 10.9. The van der Waals surface area contributed by atoms with Crippen LogP contribution in [0.25, 0.3) is 0 Å². The zero-order valence-electron chi connectivity index (χ0n) is 6.97. The van der Waals surface area contributed by atoms with E-state index >= 15 is 0 Å². The van der Waals surface area contributed by atoms with Crippen molar-refractivity contribution >= 4 is 11.9 Å². The molecular formula is C7H11NO5. The average molecular weight is 189 g/mol. The highest BCUT2D eigenvalue weighted by atomic mass is 16.4. The predicted molar refractivity (Wildman–Crippen MR) is 40.7 cm³/mol. The van der Waals surface area contributed by atoms with Crippen LogP contribution in [0.3, 0.4) is 0 Å². The molecule has 0 aliphatic carbocycles. The molecular weight excluding hydrogens is 178 g/mol. The third-order valence-corrected chi connectivity index (χ3v) is 2.22. The van der Waals surface area contributed by atoms with Crippen molar-refractivity contribution in [1.82, 2.24) is 5.32 Å². The van der Waals surface area contributed by atoms with E-state index in [0.717, 1.165) is 0 Å². The van der Waals surface area contributed by atoms with Crippen molar-refractivity contribution in [2.45, 2.75) is 25.2 Å². The van der Waals surface area contributed by atoms with Crippen LogP contribution >= 0.6 is 0 Å². The molecule has 6 nitrogen and oxygen atoms in total. The monoisotopic (exact) mass is 189 g/mol. The van der Waals surface area contributed by atoms with Crippen molar-refractivity contribution in [1.29, 1.82) is 0 Å². The van der Waals surface area contributed by atoms with Gasteiger partial charge in [-0.05, 0) is 0 Å². The number of carbonyl (C=O) groups is 2. The molecule has 1 heterocycles. The largest absolute Gasteiger partial charge is 0.480 e. The van der Waals surface area contributed by atoms with Crippen LogP contribution in [0.2, 0.25) is 0 Å².